The van der Waals surface area contributed by atoms with Crippen molar-refractivity contribution in [2.45, 2.75) is 39.4 Å². The number of aromatic nitrogens is 4. The molecule has 0 radical (unpaired) electrons. The Labute approximate surface area is 189 Å². The second-order valence-corrected chi connectivity index (χ2v) is 8.67. The maximum atomic E-state index is 12.9. The predicted octanol–water partition coefficient (Wildman–Crippen LogP) is 2.44. The van der Waals surface area contributed by atoms with Crippen LogP contribution in [0.2, 0.25) is 0 Å². The molecule has 0 spiro atoms. The number of benzene rings is 1. The molecule has 0 N–H and O–H groups in total. The topological polar surface area (TPSA) is 68.4 Å². The van der Waals surface area contributed by atoms with Crippen LogP contribution in [-0.2, 0) is 39.5 Å². The lowest BCUT2D eigenvalue weighted by molar-refractivity contribution is 0.0818. The second-order valence-electron chi connectivity index (χ2n) is 8.67. The molecule has 1 amide bonds. The second kappa shape index (κ2) is 9.16. The lowest BCUT2D eigenvalue weighted by Crippen LogP contribution is -2.32. The van der Waals surface area contributed by atoms with Gasteiger partial charge in [-0.15, -0.1) is 0 Å². The zero-order valence-electron chi connectivity index (χ0n) is 19.6. The Morgan fingerprint density at radius 3 is 2.56 bits per heavy atom. The number of rotatable bonds is 7. The molecular formula is C24H32N6O2. The number of carbonyl (C=O) groups is 1. The lowest BCUT2D eigenvalue weighted by atomic mass is 10.0. The van der Waals surface area contributed by atoms with Gasteiger partial charge in [0.2, 0.25) is 0 Å². The number of aryl methyl sites for hydroxylation is 4. The zero-order chi connectivity index (χ0) is 22.8. The third-order valence-corrected chi connectivity index (χ3v) is 6.10. The van der Waals surface area contributed by atoms with Crippen LogP contribution in [0.1, 0.15) is 38.6 Å². The Kier molecular flexibility index (Phi) is 6.32. The number of carbonyl (C=O) groups excluding carboxylic acids is 1. The maximum absolute atomic E-state index is 12.9. The molecule has 3 heterocycles. The van der Waals surface area contributed by atoms with Gasteiger partial charge in [0.15, 0.2) is 5.69 Å². The van der Waals surface area contributed by atoms with Crippen LogP contribution in [0.5, 0.6) is 5.75 Å². The van der Waals surface area contributed by atoms with Gasteiger partial charge in [0, 0.05) is 76.8 Å². The minimum atomic E-state index is -0.0381. The van der Waals surface area contributed by atoms with Gasteiger partial charge in [0.25, 0.3) is 5.91 Å². The number of methoxy groups -OCH3 is 1. The molecular weight excluding hydrogens is 404 g/mol. The van der Waals surface area contributed by atoms with Crippen molar-refractivity contribution in [3.63, 3.8) is 0 Å². The number of ether oxygens (including phenoxy) is 1. The highest BCUT2D eigenvalue weighted by Gasteiger charge is 2.29. The Morgan fingerprint density at radius 2 is 1.94 bits per heavy atom. The van der Waals surface area contributed by atoms with Crippen LogP contribution < -0.4 is 4.74 Å². The van der Waals surface area contributed by atoms with Crippen molar-refractivity contribution in [2.24, 2.45) is 7.05 Å². The van der Waals surface area contributed by atoms with Crippen LogP contribution in [0.4, 0.5) is 0 Å². The molecule has 0 saturated carbocycles. The molecule has 0 aliphatic carbocycles. The summed E-state index contributed by atoms with van der Waals surface area (Å²) in [6, 6.07) is 8.12. The van der Waals surface area contributed by atoms with E-state index in [2.05, 4.69) is 28.3 Å². The summed E-state index contributed by atoms with van der Waals surface area (Å²) in [5.74, 6) is 0.817. The van der Waals surface area contributed by atoms with Crippen LogP contribution in [-0.4, -0.2) is 63.0 Å². The molecule has 8 nitrogen and oxygen atoms in total. The van der Waals surface area contributed by atoms with E-state index in [9.17, 15) is 4.79 Å². The summed E-state index contributed by atoms with van der Waals surface area (Å²) in [5.41, 5.74) is 6.32. The van der Waals surface area contributed by atoms with E-state index < -0.39 is 0 Å². The van der Waals surface area contributed by atoms with Gasteiger partial charge in [0.05, 0.1) is 12.8 Å². The summed E-state index contributed by atoms with van der Waals surface area (Å²) in [6.07, 6.45) is 3.81. The molecule has 32 heavy (non-hydrogen) atoms. The largest absolute Gasteiger partial charge is 0.497 e. The zero-order valence-corrected chi connectivity index (χ0v) is 19.6. The van der Waals surface area contributed by atoms with Gasteiger partial charge in [-0.25, -0.2) is 0 Å². The monoisotopic (exact) mass is 436 g/mol. The van der Waals surface area contributed by atoms with Crippen LogP contribution in [0, 0.1) is 6.92 Å². The number of hydrogen-bond acceptors (Lipinski definition) is 5. The van der Waals surface area contributed by atoms with Crippen LogP contribution >= 0.6 is 0 Å². The van der Waals surface area contributed by atoms with E-state index in [1.165, 1.54) is 16.8 Å². The normalized spacial score (nSPS) is 13.8. The first kappa shape index (κ1) is 22.1. The molecule has 1 aromatic carbocycles. The Balaban J connectivity index is 1.55. The quantitative estimate of drug-likeness (QED) is 0.569. The lowest BCUT2D eigenvalue weighted by Gasteiger charge is -2.27. The highest BCUT2D eigenvalue weighted by Crippen LogP contribution is 2.26. The van der Waals surface area contributed by atoms with Crippen molar-refractivity contribution < 1.29 is 9.53 Å². The summed E-state index contributed by atoms with van der Waals surface area (Å²) in [6.45, 7) is 5.28. The number of fused-ring (bicyclic) bond motifs is 1. The number of hydrogen-bond donors (Lipinski definition) is 0. The van der Waals surface area contributed by atoms with E-state index in [1.807, 2.05) is 35.5 Å². The Bertz CT molecular complexity index is 1100. The average Bonchev–Trinajstić information content (AvgIpc) is 3.30. The molecule has 0 fully saturated rings. The van der Waals surface area contributed by atoms with E-state index in [0.29, 0.717) is 5.69 Å². The fourth-order valence-electron chi connectivity index (χ4n) is 4.32. The molecule has 2 aromatic heterocycles. The van der Waals surface area contributed by atoms with Crippen molar-refractivity contribution in [3.05, 3.63) is 64.2 Å². The molecule has 1 aliphatic rings. The molecule has 0 bridgehead atoms. The Morgan fingerprint density at radius 1 is 1.19 bits per heavy atom. The van der Waals surface area contributed by atoms with Gasteiger partial charge >= 0.3 is 0 Å². The summed E-state index contributed by atoms with van der Waals surface area (Å²) in [5, 5.41) is 9.25. The fourth-order valence-corrected chi connectivity index (χ4v) is 4.32. The summed E-state index contributed by atoms with van der Waals surface area (Å²) in [7, 11) is 7.19. The molecule has 0 unspecified atom stereocenters. The van der Waals surface area contributed by atoms with E-state index in [0.717, 1.165) is 56.0 Å². The summed E-state index contributed by atoms with van der Waals surface area (Å²) < 4.78 is 9.15. The van der Waals surface area contributed by atoms with E-state index >= 15 is 0 Å². The highest BCUT2D eigenvalue weighted by atomic mass is 16.5. The molecule has 0 atom stereocenters. The average molecular weight is 437 g/mol. The first-order valence-electron chi connectivity index (χ1n) is 11.0. The first-order chi connectivity index (χ1) is 15.4. The molecule has 0 saturated heterocycles. The Hall–Kier alpha value is -3.13. The van der Waals surface area contributed by atoms with E-state index in [4.69, 9.17) is 9.84 Å². The smallest absolute Gasteiger partial charge is 0.274 e. The minimum Gasteiger partial charge on any atom is -0.497 e. The van der Waals surface area contributed by atoms with Gasteiger partial charge < -0.3 is 9.64 Å². The SMILES string of the molecule is COc1ccc(CCn2nc(C(=O)N(C)C)c3c2CCN(Cc2cn(C)nc2C)C3)cc1. The molecule has 170 valence electrons. The summed E-state index contributed by atoms with van der Waals surface area (Å²) >= 11 is 0. The number of amides is 1. The van der Waals surface area contributed by atoms with Crippen molar-refractivity contribution in [1.29, 1.82) is 0 Å². The highest BCUT2D eigenvalue weighted by molar-refractivity contribution is 5.93. The molecule has 8 heteroatoms. The van der Waals surface area contributed by atoms with Crippen molar-refractivity contribution >= 4 is 5.91 Å². The number of nitrogens with zero attached hydrogens (tertiary/aromatic N) is 6. The van der Waals surface area contributed by atoms with Crippen LogP contribution in [0.3, 0.4) is 0 Å². The molecule has 3 aromatic rings. The van der Waals surface area contributed by atoms with Gasteiger partial charge in [-0.1, -0.05) is 12.1 Å². The fraction of sp³-hybridized carbons (Fsp3) is 0.458. The minimum absolute atomic E-state index is 0.0381. The third kappa shape index (κ3) is 4.55. The van der Waals surface area contributed by atoms with E-state index in [1.54, 1.807) is 26.1 Å². The van der Waals surface area contributed by atoms with Gasteiger partial charge in [-0.3, -0.25) is 19.1 Å². The molecule has 1 aliphatic heterocycles. The summed E-state index contributed by atoms with van der Waals surface area (Å²) in [4.78, 5) is 16.9. The van der Waals surface area contributed by atoms with Gasteiger partial charge in [0.1, 0.15) is 5.75 Å². The van der Waals surface area contributed by atoms with Crippen LogP contribution in [0.15, 0.2) is 30.5 Å². The van der Waals surface area contributed by atoms with Crippen molar-refractivity contribution in [3.8, 4) is 5.75 Å². The van der Waals surface area contributed by atoms with Crippen LogP contribution in [0.25, 0.3) is 0 Å². The standard InChI is InChI=1S/C24H32N6O2/c1-17-19(14-28(4)25-17)15-29-12-11-22-21(16-29)23(24(31)27(2)3)26-30(22)13-10-18-6-8-20(32-5)9-7-18/h6-9,14H,10-13,15-16H2,1-5H3. The van der Waals surface area contributed by atoms with Gasteiger partial charge in [-0.2, -0.15) is 10.2 Å². The maximum Gasteiger partial charge on any atom is 0.274 e. The van der Waals surface area contributed by atoms with Crippen molar-refractivity contribution in [1.82, 2.24) is 29.4 Å². The predicted molar refractivity (Wildman–Crippen MR) is 123 cm³/mol. The third-order valence-electron chi connectivity index (χ3n) is 6.10. The molecule has 4 rings (SSSR count). The van der Waals surface area contributed by atoms with Crippen molar-refractivity contribution in [2.75, 3.05) is 27.7 Å². The first-order valence-corrected chi connectivity index (χ1v) is 11.0. The van der Waals surface area contributed by atoms with Gasteiger partial charge in [-0.05, 0) is 31.0 Å². The van der Waals surface area contributed by atoms with E-state index in [-0.39, 0.29) is 5.91 Å².